The zero-order valence-corrected chi connectivity index (χ0v) is 18.5. The zero-order valence-electron chi connectivity index (χ0n) is 17.7. The number of anilines is 1. The van der Waals surface area contributed by atoms with E-state index in [1.165, 1.54) is 28.3 Å². The highest BCUT2D eigenvalue weighted by Crippen LogP contribution is 2.38. The van der Waals surface area contributed by atoms with Crippen LogP contribution in [0, 0.1) is 11.3 Å². The van der Waals surface area contributed by atoms with Crippen LogP contribution in [0.15, 0.2) is 24.3 Å². The maximum atomic E-state index is 12.7. The number of thiophene rings is 1. The molecule has 1 amide bonds. The molecule has 2 aromatic rings. The van der Waals surface area contributed by atoms with Crippen LogP contribution < -0.4 is 5.32 Å². The minimum Gasteiger partial charge on any atom is -0.317 e. The maximum Gasteiger partial charge on any atom is 0.416 e. The predicted octanol–water partition coefficient (Wildman–Crippen LogP) is 4.27. The average Bonchev–Trinajstić information content (AvgIpc) is 3.34. The van der Waals surface area contributed by atoms with Crippen LogP contribution in [0.1, 0.15) is 40.0 Å². The van der Waals surface area contributed by atoms with E-state index in [0.717, 1.165) is 68.7 Å². The molecule has 4 rings (SSSR count). The SMILES string of the molecule is N#Cc1c(NC(=O)CCN2CCN(Cc3ccc(C(F)(F)F)cc3)CC2)sc2c1CCC2. The molecule has 0 spiro atoms. The number of alkyl halides is 3. The standard InChI is InChI=1S/C23H25F3N4OS/c24-23(25,26)17-6-4-16(5-7-17)15-30-12-10-29(11-13-30)9-8-21(31)28-22-19(14-27)18-2-1-3-20(18)32-22/h4-7H,1-3,8-13,15H2,(H,28,31). The molecule has 1 aliphatic heterocycles. The summed E-state index contributed by atoms with van der Waals surface area (Å²) in [6, 6.07) is 7.58. The fraction of sp³-hybridized carbons (Fsp3) is 0.478. The van der Waals surface area contributed by atoms with E-state index in [1.54, 1.807) is 0 Å². The minimum atomic E-state index is -4.31. The normalized spacial score (nSPS) is 17.2. The van der Waals surface area contributed by atoms with Crippen LogP contribution in [-0.2, 0) is 30.4 Å². The first kappa shape index (κ1) is 22.8. The Labute approximate surface area is 189 Å². The highest BCUT2D eigenvalue weighted by Gasteiger charge is 2.30. The number of nitrogens with zero attached hydrogens (tertiary/aromatic N) is 3. The predicted molar refractivity (Wildman–Crippen MR) is 117 cm³/mol. The Morgan fingerprint density at radius 2 is 1.78 bits per heavy atom. The molecule has 170 valence electrons. The summed E-state index contributed by atoms with van der Waals surface area (Å²) in [5.41, 5.74) is 1.98. The van der Waals surface area contributed by atoms with Crippen LogP contribution in [0.2, 0.25) is 0 Å². The van der Waals surface area contributed by atoms with Gasteiger partial charge in [-0.2, -0.15) is 18.4 Å². The van der Waals surface area contributed by atoms with E-state index in [-0.39, 0.29) is 5.91 Å². The van der Waals surface area contributed by atoms with Crippen LogP contribution in [0.5, 0.6) is 0 Å². The third kappa shape index (κ3) is 5.31. The van der Waals surface area contributed by atoms with E-state index in [0.29, 0.717) is 30.1 Å². The fourth-order valence-electron chi connectivity index (χ4n) is 4.29. The average molecular weight is 463 g/mol. The molecule has 0 unspecified atom stereocenters. The van der Waals surface area contributed by atoms with Crippen LogP contribution in [-0.4, -0.2) is 48.4 Å². The topological polar surface area (TPSA) is 59.4 Å². The molecular formula is C23H25F3N4OS. The second-order valence-corrected chi connectivity index (χ2v) is 9.39. The molecule has 0 saturated carbocycles. The van der Waals surface area contributed by atoms with Crippen LogP contribution in [0.25, 0.3) is 0 Å². The summed E-state index contributed by atoms with van der Waals surface area (Å²) < 4.78 is 38.1. The Kier molecular flexibility index (Phi) is 6.84. The zero-order chi connectivity index (χ0) is 22.7. The summed E-state index contributed by atoms with van der Waals surface area (Å²) in [5, 5.41) is 13.1. The van der Waals surface area contributed by atoms with E-state index in [4.69, 9.17) is 0 Å². The number of carbonyl (C=O) groups is 1. The van der Waals surface area contributed by atoms with E-state index < -0.39 is 11.7 Å². The van der Waals surface area contributed by atoms with Gasteiger partial charge in [-0.1, -0.05) is 12.1 Å². The molecule has 0 atom stereocenters. The lowest BCUT2D eigenvalue weighted by Crippen LogP contribution is -2.46. The summed E-state index contributed by atoms with van der Waals surface area (Å²) in [5.74, 6) is -0.0754. The number of fused-ring (bicyclic) bond motifs is 1. The third-order valence-corrected chi connectivity index (χ3v) is 7.30. The highest BCUT2D eigenvalue weighted by atomic mass is 32.1. The van der Waals surface area contributed by atoms with Crippen molar-refractivity contribution in [1.82, 2.24) is 9.80 Å². The number of aryl methyl sites for hydroxylation is 1. The maximum absolute atomic E-state index is 12.7. The molecule has 9 heteroatoms. The lowest BCUT2D eigenvalue weighted by Gasteiger charge is -2.34. The van der Waals surface area contributed by atoms with Crippen molar-refractivity contribution in [3.8, 4) is 6.07 Å². The van der Waals surface area contributed by atoms with Gasteiger partial charge in [0, 0.05) is 50.6 Å². The number of hydrogen-bond acceptors (Lipinski definition) is 5. The van der Waals surface area contributed by atoms with Crippen molar-refractivity contribution in [2.24, 2.45) is 0 Å². The summed E-state index contributed by atoms with van der Waals surface area (Å²) in [6.45, 7) is 4.49. The number of amides is 1. The van der Waals surface area contributed by atoms with Crippen LogP contribution >= 0.6 is 11.3 Å². The molecule has 32 heavy (non-hydrogen) atoms. The second kappa shape index (κ2) is 9.61. The van der Waals surface area contributed by atoms with Gasteiger partial charge < -0.3 is 10.2 Å². The molecule has 1 saturated heterocycles. The van der Waals surface area contributed by atoms with Gasteiger partial charge in [0.15, 0.2) is 0 Å². The number of piperazine rings is 1. The van der Waals surface area contributed by atoms with E-state index in [9.17, 15) is 23.2 Å². The fourth-order valence-corrected chi connectivity index (χ4v) is 5.54. The van der Waals surface area contributed by atoms with Crippen LogP contribution in [0.4, 0.5) is 18.2 Å². The largest absolute Gasteiger partial charge is 0.416 e. The van der Waals surface area contributed by atoms with E-state index >= 15 is 0 Å². The van der Waals surface area contributed by atoms with Crippen molar-refractivity contribution in [3.05, 3.63) is 51.4 Å². The lowest BCUT2D eigenvalue weighted by atomic mass is 10.1. The first-order valence-electron chi connectivity index (χ1n) is 10.8. The molecule has 0 bridgehead atoms. The molecule has 1 aromatic carbocycles. The third-order valence-electron chi connectivity index (χ3n) is 6.09. The van der Waals surface area contributed by atoms with Gasteiger partial charge in [0.1, 0.15) is 11.1 Å². The van der Waals surface area contributed by atoms with Gasteiger partial charge in [0.05, 0.1) is 11.1 Å². The first-order chi connectivity index (χ1) is 15.3. The summed E-state index contributed by atoms with van der Waals surface area (Å²) >= 11 is 1.53. The minimum absolute atomic E-state index is 0.0754. The van der Waals surface area contributed by atoms with Gasteiger partial charge in [0.25, 0.3) is 0 Å². The Morgan fingerprint density at radius 1 is 1.09 bits per heavy atom. The van der Waals surface area contributed by atoms with Gasteiger partial charge in [-0.3, -0.25) is 9.69 Å². The number of hydrogen-bond donors (Lipinski definition) is 1. The Bertz CT molecular complexity index is 1000. The quantitative estimate of drug-likeness (QED) is 0.697. The van der Waals surface area contributed by atoms with Crippen molar-refractivity contribution in [2.75, 3.05) is 38.0 Å². The lowest BCUT2D eigenvalue weighted by molar-refractivity contribution is -0.137. The Hall–Kier alpha value is -2.41. The molecule has 1 fully saturated rings. The molecular weight excluding hydrogens is 437 g/mol. The molecule has 1 aliphatic carbocycles. The van der Waals surface area contributed by atoms with Crippen molar-refractivity contribution in [2.45, 2.75) is 38.4 Å². The first-order valence-corrected chi connectivity index (χ1v) is 11.6. The van der Waals surface area contributed by atoms with Gasteiger partial charge in [-0.15, -0.1) is 11.3 Å². The Morgan fingerprint density at radius 3 is 2.44 bits per heavy atom. The second-order valence-electron chi connectivity index (χ2n) is 8.28. The smallest absolute Gasteiger partial charge is 0.317 e. The summed E-state index contributed by atoms with van der Waals surface area (Å²) in [6.07, 6.45) is -0.958. The highest BCUT2D eigenvalue weighted by molar-refractivity contribution is 7.16. The van der Waals surface area contributed by atoms with Gasteiger partial charge in [-0.25, -0.2) is 0 Å². The Balaban J connectivity index is 1.20. The van der Waals surface area contributed by atoms with Gasteiger partial charge >= 0.3 is 6.18 Å². The number of nitriles is 1. The number of rotatable bonds is 6. The summed E-state index contributed by atoms with van der Waals surface area (Å²) in [7, 11) is 0. The van der Waals surface area contributed by atoms with Gasteiger partial charge in [0.2, 0.25) is 5.91 Å². The molecule has 2 aliphatic rings. The molecule has 5 nitrogen and oxygen atoms in total. The van der Waals surface area contributed by atoms with Crippen molar-refractivity contribution in [3.63, 3.8) is 0 Å². The van der Waals surface area contributed by atoms with Gasteiger partial charge in [-0.05, 0) is 42.5 Å². The molecule has 2 heterocycles. The molecule has 1 aromatic heterocycles. The van der Waals surface area contributed by atoms with E-state index in [1.807, 2.05) is 0 Å². The van der Waals surface area contributed by atoms with Crippen molar-refractivity contribution >= 4 is 22.2 Å². The van der Waals surface area contributed by atoms with E-state index in [2.05, 4.69) is 21.2 Å². The number of benzene rings is 1. The molecule has 1 N–H and O–H groups in total. The molecule has 0 radical (unpaired) electrons. The number of carbonyl (C=O) groups excluding carboxylic acids is 1. The van der Waals surface area contributed by atoms with Crippen LogP contribution in [0.3, 0.4) is 0 Å². The monoisotopic (exact) mass is 462 g/mol. The number of nitrogens with one attached hydrogen (secondary N) is 1. The number of halogens is 3. The van der Waals surface area contributed by atoms with Crippen molar-refractivity contribution in [1.29, 1.82) is 5.26 Å². The summed E-state index contributed by atoms with van der Waals surface area (Å²) in [4.78, 5) is 18.1. The van der Waals surface area contributed by atoms with Crippen molar-refractivity contribution < 1.29 is 18.0 Å².